The quantitative estimate of drug-likeness (QED) is 0.641. The molecule has 0 aliphatic heterocycles. The average molecular weight is 373 g/mol. The van der Waals surface area contributed by atoms with Crippen LogP contribution in [-0.2, 0) is 0 Å². The van der Waals surface area contributed by atoms with Gasteiger partial charge in [0.05, 0.1) is 5.69 Å². The SMILES string of the molecule is Cc1ccc(NC(=O)Nc2nc(C(=O)Nc3nc(C)cs3)cs2)cc1. The van der Waals surface area contributed by atoms with Crippen molar-refractivity contribution < 1.29 is 9.59 Å². The molecule has 2 heterocycles. The van der Waals surface area contributed by atoms with Crippen molar-refractivity contribution in [3.05, 3.63) is 52.0 Å². The third-order valence-electron chi connectivity index (χ3n) is 3.11. The normalized spacial score (nSPS) is 10.3. The molecule has 3 N–H and O–H groups in total. The fraction of sp³-hybridized carbons (Fsp3) is 0.125. The number of anilines is 3. The Kier molecular flexibility index (Phi) is 5.05. The predicted octanol–water partition coefficient (Wildman–Crippen LogP) is 4.11. The Hall–Kier alpha value is -2.78. The van der Waals surface area contributed by atoms with E-state index in [4.69, 9.17) is 0 Å². The number of carbonyl (C=O) groups is 2. The van der Waals surface area contributed by atoms with E-state index in [0.29, 0.717) is 16.0 Å². The number of thiazole rings is 2. The predicted molar refractivity (Wildman–Crippen MR) is 101 cm³/mol. The highest BCUT2D eigenvalue weighted by Gasteiger charge is 2.14. The lowest BCUT2D eigenvalue weighted by atomic mass is 10.2. The van der Waals surface area contributed by atoms with Crippen LogP contribution in [0.5, 0.6) is 0 Å². The Bertz CT molecular complexity index is 901. The highest BCUT2D eigenvalue weighted by Crippen LogP contribution is 2.19. The minimum absolute atomic E-state index is 0.225. The zero-order chi connectivity index (χ0) is 17.8. The van der Waals surface area contributed by atoms with Crippen LogP contribution in [0.1, 0.15) is 21.7 Å². The monoisotopic (exact) mass is 373 g/mol. The largest absolute Gasteiger partial charge is 0.325 e. The topological polar surface area (TPSA) is 96.0 Å². The van der Waals surface area contributed by atoms with Gasteiger partial charge in [-0.3, -0.25) is 15.4 Å². The van der Waals surface area contributed by atoms with Crippen molar-refractivity contribution in [2.75, 3.05) is 16.0 Å². The molecule has 0 bridgehead atoms. The maximum Gasteiger partial charge on any atom is 0.325 e. The summed E-state index contributed by atoms with van der Waals surface area (Å²) in [5.41, 5.74) is 2.85. The van der Waals surface area contributed by atoms with Crippen molar-refractivity contribution in [2.45, 2.75) is 13.8 Å². The number of carbonyl (C=O) groups excluding carboxylic acids is 2. The van der Waals surface area contributed by atoms with Crippen LogP contribution in [0.3, 0.4) is 0 Å². The molecule has 2 aromatic heterocycles. The molecule has 0 atom stereocenters. The summed E-state index contributed by atoms with van der Waals surface area (Å²) in [7, 11) is 0. The number of aryl methyl sites for hydroxylation is 2. The summed E-state index contributed by atoms with van der Waals surface area (Å²) in [6.45, 7) is 3.82. The molecule has 0 aliphatic carbocycles. The van der Waals surface area contributed by atoms with Gasteiger partial charge in [0.2, 0.25) is 0 Å². The van der Waals surface area contributed by atoms with Gasteiger partial charge in [-0.25, -0.2) is 14.8 Å². The molecule has 3 aromatic rings. The Balaban J connectivity index is 1.58. The lowest BCUT2D eigenvalue weighted by Gasteiger charge is -2.05. The van der Waals surface area contributed by atoms with E-state index in [1.807, 2.05) is 43.5 Å². The van der Waals surface area contributed by atoms with Gasteiger partial charge in [-0.2, -0.15) is 0 Å². The van der Waals surface area contributed by atoms with E-state index >= 15 is 0 Å². The van der Waals surface area contributed by atoms with Gasteiger partial charge in [-0.15, -0.1) is 22.7 Å². The van der Waals surface area contributed by atoms with Crippen LogP contribution in [0.4, 0.5) is 20.7 Å². The van der Waals surface area contributed by atoms with E-state index in [9.17, 15) is 9.59 Å². The van der Waals surface area contributed by atoms with E-state index in [1.165, 1.54) is 22.7 Å². The van der Waals surface area contributed by atoms with Gasteiger partial charge in [0.1, 0.15) is 5.69 Å². The van der Waals surface area contributed by atoms with Crippen molar-refractivity contribution >= 4 is 50.6 Å². The molecule has 0 unspecified atom stereocenters. The summed E-state index contributed by atoms with van der Waals surface area (Å²) in [5.74, 6) is -0.363. The summed E-state index contributed by atoms with van der Waals surface area (Å²) in [6, 6.07) is 7.02. The molecule has 25 heavy (non-hydrogen) atoms. The second-order valence-electron chi connectivity index (χ2n) is 5.23. The Morgan fingerprint density at radius 2 is 1.56 bits per heavy atom. The molecule has 7 nitrogen and oxygen atoms in total. The maximum absolute atomic E-state index is 12.1. The highest BCUT2D eigenvalue weighted by molar-refractivity contribution is 7.14. The second kappa shape index (κ2) is 7.41. The first kappa shape index (κ1) is 17.1. The van der Waals surface area contributed by atoms with Gasteiger partial charge >= 0.3 is 6.03 Å². The molecule has 0 spiro atoms. The smallest absolute Gasteiger partial charge is 0.308 e. The zero-order valence-corrected chi connectivity index (χ0v) is 15.1. The molecular formula is C16H15N5O2S2. The fourth-order valence-corrected chi connectivity index (χ4v) is 3.27. The maximum atomic E-state index is 12.1. The number of nitrogens with one attached hydrogen (secondary N) is 3. The molecular weight excluding hydrogens is 358 g/mol. The van der Waals surface area contributed by atoms with Crippen molar-refractivity contribution in [1.29, 1.82) is 0 Å². The first-order valence-corrected chi connectivity index (χ1v) is 9.09. The summed E-state index contributed by atoms with van der Waals surface area (Å²) in [4.78, 5) is 32.4. The van der Waals surface area contributed by atoms with Gasteiger partial charge in [0.15, 0.2) is 10.3 Å². The van der Waals surface area contributed by atoms with Gasteiger partial charge < -0.3 is 5.32 Å². The zero-order valence-electron chi connectivity index (χ0n) is 13.5. The molecule has 3 amide bonds. The van der Waals surface area contributed by atoms with Crippen LogP contribution < -0.4 is 16.0 Å². The molecule has 0 fully saturated rings. The number of urea groups is 1. The first-order chi connectivity index (χ1) is 12.0. The lowest BCUT2D eigenvalue weighted by Crippen LogP contribution is -2.19. The van der Waals surface area contributed by atoms with Crippen LogP contribution in [0.25, 0.3) is 0 Å². The highest BCUT2D eigenvalue weighted by atomic mass is 32.1. The number of nitrogens with zero attached hydrogens (tertiary/aromatic N) is 2. The molecule has 3 rings (SSSR count). The van der Waals surface area contributed by atoms with E-state index in [2.05, 4.69) is 25.9 Å². The van der Waals surface area contributed by atoms with Gasteiger partial charge in [0, 0.05) is 16.4 Å². The number of rotatable bonds is 4. The van der Waals surface area contributed by atoms with E-state index in [0.717, 1.165) is 11.3 Å². The molecule has 0 saturated carbocycles. The van der Waals surface area contributed by atoms with Gasteiger partial charge in [-0.1, -0.05) is 17.7 Å². The molecule has 0 saturated heterocycles. The van der Waals surface area contributed by atoms with Crippen molar-refractivity contribution in [2.24, 2.45) is 0 Å². The summed E-state index contributed by atoms with van der Waals surface area (Å²) < 4.78 is 0. The van der Waals surface area contributed by atoms with E-state index in [1.54, 1.807) is 5.38 Å². The number of hydrogen-bond donors (Lipinski definition) is 3. The minimum Gasteiger partial charge on any atom is -0.308 e. The number of aromatic nitrogens is 2. The Labute approximate surface area is 152 Å². The fourth-order valence-electron chi connectivity index (χ4n) is 1.90. The number of amides is 3. The average Bonchev–Trinajstić information content (AvgIpc) is 3.19. The number of benzene rings is 1. The minimum atomic E-state index is -0.416. The molecule has 0 radical (unpaired) electrons. The van der Waals surface area contributed by atoms with Crippen molar-refractivity contribution in [3.63, 3.8) is 0 Å². The van der Waals surface area contributed by atoms with Crippen LogP contribution >= 0.6 is 22.7 Å². The van der Waals surface area contributed by atoms with Gasteiger partial charge in [0.25, 0.3) is 5.91 Å². The Morgan fingerprint density at radius 3 is 2.24 bits per heavy atom. The van der Waals surface area contributed by atoms with Crippen molar-refractivity contribution in [3.8, 4) is 0 Å². The van der Waals surface area contributed by atoms with E-state index < -0.39 is 6.03 Å². The first-order valence-electron chi connectivity index (χ1n) is 7.33. The third-order valence-corrected chi connectivity index (χ3v) is 4.74. The second-order valence-corrected chi connectivity index (χ2v) is 6.95. The van der Waals surface area contributed by atoms with Crippen LogP contribution in [0.15, 0.2) is 35.0 Å². The Morgan fingerprint density at radius 1 is 0.880 bits per heavy atom. The van der Waals surface area contributed by atoms with Crippen LogP contribution in [0, 0.1) is 13.8 Å². The van der Waals surface area contributed by atoms with Crippen LogP contribution in [-0.4, -0.2) is 21.9 Å². The van der Waals surface area contributed by atoms with Gasteiger partial charge in [-0.05, 0) is 26.0 Å². The standard InChI is InChI=1S/C16H15N5O2S2/c1-9-3-5-11(6-4-9)18-14(23)21-16-19-12(8-25-16)13(22)20-15-17-10(2)7-24-15/h3-8H,1-2H3,(H,17,20,22)(H2,18,19,21,23). The third kappa shape index (κ3) is 4.61. The summed E-state index contributed by atoms with van der Waals surface area (Å²) in [6.07, 6.45) is 0. The summed E-state index contributed by atoms with van der Waals surface area (Å²) in [5, 5.41) is 12.3. The molecule has 9 heteroatoms. The van der Waals surface area contributed by atoms with E-state index in [-0.39, 0.29) is 11.6 Å². The summed E-state index contributed by atoms with van der Waals surface area (Å²) >= 11 is 2.52. The van der Waals surface area contributed by atoms with Crippen LogP contribution in [0.2, 0.25) is 0 Å². The molecule has 128 valence electrons. The molecule has 1 aromatic carbocycles. The molecule has 0 aliphatic rings. The lowest BCUT2D eigenvalue weighted by molar-refractivity contribution is 0.102. The number of hydrogen-bond acceptors (Lipinski definition) is 6. The van der Waals surface area contributed by atoms with Crippen molar-refractivity contribution in [1.82, 2.24) is 9.97 Å².